The smallest absolute Gasteiger partial charge is 0.150 e. The maximum Gasteiger partial charge on any atom is 0.150 e. The lowest BCUT2D eigenvalue weighted by atomic mass is 10.2. The zero-order chi connectivity index (χ0) is 15.1. The normalized spacial score (nSPS) is 11.7. The van der Waals surface area contributed by atoms with Crippen molar-refractivity contribution >= 4 is 17.9 Å². The van der Waals surface area contributed by atoms with Gasteiger partial charge in [-0.1, -0.05) is 11.6 Å². The van der Waals surface area contributed by atoms with E-state index in [0.29, 0.717) is 22.1 Å². The number of aliphatic hydroxyl groups excluding tert-OH is 1. The van der Waals surface area contributed by atoms with Gasteiger partial charge in [-0.3, -0.25) is 4.79 Å². The fraction of sp³-hybridized carbons (Fsp3) is 0.188. The second-order valence-electron chi connectivity index (χ2n) is 4.42. The first-order valence-corrected chi connectivity index (χ1v) is 6.79. The number of hydrogen-bond donors (Lipinski definition) is 1. The van der Waals surface area contributed by atoms with Gasteiger partial charge in [-0.25, -0.2) is 0 Å². The molecule has 0 aromatic heterocycles. The van der Waals surface area contributed by atoms with E-state index in [-0.39, 0.29) is 13.2 Å². The highest BCUT2D eigenvalue weighted by Crippen LogP contribution is 2.16. The van der Waals surface area contributed by atoms with Crippen molar-refractivity contribution in [3.05, 3.63) is 59.1 Å². The summed E-state index contributed by atoms with van der Waals surface area (Å²) in [7, 11) is 0. The molecule has 0 aliphatic rings. The second-order valence-corrected chi connectivity index (χ2v) is 4.85. The first-order valence-electron chi connectivity index (χ1n) is 6.42. The average Bonchev–Trinajstić information content (AvgIpc) is 2.53. The van der Waals surface area contributed by atoms with Crippen LogP contribution in [0.3, 0.4) is 0 Å². The van der Waals surface area contributed by atoms with Crippen molar-refractivity contribution in [3.63, 3.8) is 0 Å². The van der Waals surface area contributed by atoms with Crippen molar-refractivity contribution in [2.24, 2.45) is 0 Å². The highest BCUT2D eigenvalue weighted by molar-refractivity contribution is 6.30. The molecule has 0 saturated carbocycles. The average molecular weight is 307 g/mol. The molecule has 0 fully saturated rings. The minimum atomic E-state index is -0.758. The second kappa shape index (κ2) is 7.67. The molecule has 0 amide bonds. The van der Waals surface area contributed by atoms with Crippen LogP contribution in [0.1, 0.15) is 10.4 Å². The largest absolute Gasteiger partial charge is 0.491 e. The standard InChI is InChI=1S/C16H15ClO4/c17-13-3-7-16(8-4-13)21-11-14(19)10-20-15-5-1-12(9-18)2-6-15/h1-9,14,19H,10-11H2. The van der Waals surface area contributed by atoms with E-state index in [2.05, 4.69) is 0 Å². The van der Waals surface area contributed by atoms with Gasteiger partial charge in [0.25, 0.3) is 0 Å². The predicted octanol–water partition coefficient (Wildman–Crippen LogP) is 2.97. The van der Waals surface area contributed by atoms with Crippen molar-refractivity contribution in [2.75, 3.05) is 13.2 Å². The lowest BCUT2D eigenvalue weighted by Gasteiger charge is -2.13. The van der Waals surface area contributed by atoms with Crippen LogP contribution < -0.4 is 9.47 Å². The van der Waals surface area contributed by atoms with Crippen LogP contribution in [0.5, 0.6) is 11.5 Å². The van der Waals surface area contributed by atoms with Crippen molar-refractivity contribution in [2.45, 2.75) is 6.10 Å². The van der Waals surface area contributed by atoms with Crippen molar-refractivity contribution in [1.82, 2.24) is 0 Å². The molecule has 1 atom stereocenters. The Morgan fingerprint density at radius 1 is 0.952 bits per heavy atom. The molecule has 5 heteroatoms. The summed E-state index contributed by atoms with van der Waals surface area (Å²) >= 11 is 5.77. The quantitative estimate of drug-likeness (QED) is 0.799. The summed E-state index contributed by atoms with van der Waals surface area (Å²) in [6.07, 6.45) is 0.00454. The van der Waals surface area contributed by atoms with Gasteiger partial charge in [0.05, 0.1) is 0 Å². The molecule has 2 aromatic carbocycles. The number of aliphatic hydroxyl groups is 1. The van der Waals surface area contributed by atoms with Gasteiger partial charge < -0.3 is 14.6 Å². The number of ether oxygens (including phenoxy) is 2. The Morgan fingerprint density at radius 2 is 1.43 bits per heavy atom. The molecule has 4 nitrogen and oxygen atoms in total. The molecule has 21 heavy (non-hydrogen) atoms. The highest BCUT2D eigenvalue weighted by atomic mass is 35.5. The van der Waals surface area contributed by atoms with E-state index in [1.54, 1.807) is 48.5 Å². The number of rotatable bonds is 7. The molecule has 110 valence electrons. The molecule has 0 aliphatic heterocycles. The molecule has 0 saturated heterocycles. The Balaban J connectivity index is 1.74. The van der Waals surface area contributed by atoms with Gasteiger partial charge in [0.1, 0.15) is 37.1 Å². The maximum atomic E-state index is 10.5. The fourth-order valence-corrected chi connectivity index (χ4v) is 1.73. The summed E-state index contributed by atoms with van der Waals surface area (Å²) in [6, 6.07) is 13.6. The fourth-order valence-electron chi connectivity index (χ4n) is 1.61. The Labute approximate surface area is 127 Å². The lowest BCUT2D eigenvalue weighted by Crippen LogP contribution is -2.25. The first kappa shape index (κ1) is 15.4. The Hall–Kier alpha value is -2.04. The summed E-state index contributed by atoms with van der Waals surface area (Å²) in [4.78, 5) is 10.5. The molecule has 0 aliphatic carbocycles. The van der Waals surface area contributed by atoms with E-state index in [4.69, 9.17) is 21.1 Å². The molecule has 0 spiro atoms. The lowest BCUT2D eigenvalue weighted by molar-refractivity contribution is 0.0626. The van der Waals surface area contributed by atoms with Crippen LogP contribution in [0.4, 0.5) is 0 Å². The zero-order valence-electron chi connectivity index (χ0n) is 11.2. The molecule has 2 rings (SSSR count). The van der Waals surface area contributed by atoms with Crippen LogP contribution in [0.15, 0.2) is 48.5 Å². The van der Waals surface area contributed by atoms with Crippen molar-refractivity contribution in [3.8, 4) is 11.5 Å². The molecule has 2 aromatic rings. The monoisotopic (exact) mass is 306 g/mol. The Kier molecular flexibility index (Phi) is 5.60. The van der Waals surface area contributed by atoms with E-state index in [1.165, 1.54) is 0 Å². The van der Waals surface area contributed by atoms with Gasteiger partial charge in [0, 0.05) is 10.6 Å². The summed E-state index contributed by atoms with van der Waals surface area (Å²) < 4.78 is 10.8. The van der Waals surface area contributed by atoms with Crippen LogP contribution >= 0.6 is 11.6 Å². The molecular weight excluding hydrogens is 292 g/mol. The third-order valence-corrected chi connectivity index (χ3v) is 2.97. The Bertz CT molecular complexity index is 566. The number of carbonyl (C=O) groups is 1. The van der Waals surface area contributed by atoms with E-state index in [1.807, 2.05) is 0 Å². The molecule has 1 N–H and O–H groups in total. The highest BCUT2D eigenvalue weighted by Gasteiger charge is 2.07. The third-order valence-electron chi connectivity index (χ3n) is 2.71. The summed E-state index contributed by atoms with van der Waals surface area (Å²) in [6.45, 7) is 0.224. The molecule has 0 heterocycles. The van der Waals surface area contributed by atoms with Gasteiger partial charge in [0.15, 0.2) is 0 Å². The van der Waals surface area contributed by atoms with Crippen molar-refractivity contribution < 1.29 is 19.4 Å². The molecular formula is C16H15ClO4. The van der Waals surface area contributed by atoms with Crippen LogP contribution in [0.25, 0.3) is 0 Å². The predicted molar refractivity (Wildman–Crippen MR) is 80.3 cm³/mol. The van der Waals surface area contributed by atoms with Crippen LogP contribution in [0.2, 0.25) is 5.02 Å². The number of carbonyl (C=O) groups excluding carboxylic acids is 1. The van der Waals surface area contributed by atoms with Crippen LogP contribution in [-0.4, -0.2) is 30.7 Å². The SMILES string of the molecule is O=Cc1ccc(OCC(O)COc2ccc(Cl)cc2)cc1. The van der Waals surface area contributed by atoms with E-state index < -0.39 is 6.10 Å². The minimum absolute atomic E-state index is 0.105. The molecule has 0 bridgehead atoms. The zero-order valence-corrected chi connectivity index (χ0v) is 12.0. The van der Waals surface area contributed by atoms with Crippen molar-refractivity contribution in [1.29, 1.82) is 0 Å². The first-order chi connectivity index (χ1) is 10.2. The summed E-state index contributed by atoms with van der Waals surface area (Å²) in [5.74, 6) is 1.22. The van der Waals surface area contributed by atoms with Crippen LogP contribution in [0, 0.1) is 0 Å². The van der Waals surface area contributed by atoms with Gasteiger partial charge in [-0.2, -0.15) is 0 Å². The number of benzene rings is 2. The van der Waals surface area contributed by atoms with Crippen LogP contribution in [-0.2, 0) is 0 Å². The summed E-state index contributed by atoms with van der Waals surface area (Å²) in [5.41, 5.74) is 0.578. The van der Waals surface area contributed by atoms with Gasteiger partial charge >= 0.3 is 0 Å². The van der Waals surface area contributed by atoms with Gasteiger partial charge in [-0.05, 0) is 48.5 Å². The van der Waals surface area contributed by atoms with E-state index in [0.717, 1.165) is 6.29 Å². The number of aldehydes is 1. The van der Waals surface area contributed by atoms with Gasteiger partial charge in [-0.15, -0.1) is 0 Å². The maximum absolute atomic E-state index is 10.5. The number of halogens is 1. The minimum Gasteiger partial charge on any atom is -0.491 e. The third kappa shape index (κ3) is 5.10. The molecule has 1 unspecified atom stereocenters. The Morgan fingerprint density at radius 3 is 1.90 bits per heavy atom. The van der Waals surface area contributed by atoms with Gasteiger partial charge in [0.2, 0.25) is 0 Å². The topological polar surface area (TPSA) is 55.8 Å². The molecule has 0 radical (unpaired) electrons. The summed E-state index contributed by atoms with van der Waals surface area (Å²) in [5, 5.41) is 10.4. The number of hydrogen-bond acceptors (Lipinski definition) is 4. The van der Waals surface area contributed by atoms with E-state index >= 15 is 0 Å². The van der Waals surface area contributed by atoms with E-state index in [9.17, 15) is 9.90 Å².